The molecular weight excluding hydrogens is 286 g/mol. The molecule has 1 heterocycles. The molecular formula is C17H24F2N2O. The van der Waals surface area contributed by atoms with Crippen LogP contribution in [0.1, 0.15) is 42.5 Å². The zero-order chi connectivity index (χ0) is 15.8. The Kier molecular flexibility index (Phi) is 6.93. The average Bonchev–Trinajstić information content (AvgIpc) is 2.78. The van der Waals surface area contributed by atoms with E-state index in [-0.39, 0.29) is 11.3 Å². The highest BCUT2D eigenvalue weighted by atomic mass is 19.2. The number of nitrogens with one attached hydrogen (secondary N) is 1. The number of unbranched alkanes of at least 4 members (excludes halogenated alkanes) is 2. The molecule has 0 spiro atoms. The number of nitrogens with zero attached hydrogens (tertiary/aromatic N) is 1. The van der Waals surface area contributed by atoms with Gasteiger partial charge in [0.05, 0.1) is 0 Å². The number of rotatable bonds is 7. The maximum Gasteiger partial charge on any atom is 0.162 e. The normalized spacial score (nSPS) is 16.5. The summed E-state index contributed by atoms with van der Waals surface area (Å²) in [5.41, 5.74) is 0.262. The maximum absolute atomic E-state index is 13.1. The molecule has 1 N–H and O–H groups in total. The largest absolute Gasteiger partial charge is 0.315 e. The summed E-state index contributed by atoms with van der Waals surface area (Å²) in [6.07, 6.45) is 4.44. The van der Waals surface area contributed by atoms with Crippen LogP contribution in [0.5, 0.6) is 0 Å². The molecule has 0 bridgehead atoms. The van der Waals surface area contributed by atoms with E-state index in [0.717, 1.165) is 64.1 Å². The highest BCUT2D eigenvalue weighted by Crippen LogP contribution is 2.13. The molecule has 122 valence electrons. The number of halogens is 2. The third kappa shape index (κ3) is 5.46. The van der Waals surface area contributed by atoms with Crippen LogP contribution in [-0.4, -0.2) is 43.4 Å². The zero-order valence-electron chi connectivity index (χ0n) is 12.9. The van der Waals surface area contributed by atoms with E-state index >= 15 is 0 Å². The quantitative estimate of drug-likeness (QED) is 0.621. The molecule has 2 rings (SSSR count). The van der Waals surface area contributed by atoms with Crippen molar-refractivity contribution in [2.45, 2.75) is 32.1 Å². The number of Topliss-reactive ketones (excluding diaryl/α,β-unsaturated/α-hetero) is 1. The lowest BCUT2D eigenvalue weighted by Gasteiger charge is -2.18. The van der Waals surface area contributed by atoms with Gasteiger partial charge in [0, 0.05) is 25.1 Å². The smallest absolute Gasteiger partial charge is 0.162 e. The van der Waals surface area contributed by atoms with Crippen LogP contribution in [0.2, 0.25) is 0 Å². The van der Waals surface area contributed by atoms with Gasteiger partial charge < -0.3 is 10.2 Å². The van der Waals surface area contributed by atoms with E-state index in [2.05, 4.69) is 10.2 Å². The Balaban J connectivity index is 1.63. The lowest BCUT2D eigenvalue weighted by atomic mass is 10.0. The Bertz CT molecular complexity index is 486. The highest BCUT2D eigenvalue weighted by molar-refractivity contribution is 5.95. The first-order chi connectivity index (χ1) is 10.7. The summed E-state index contributed by atoms with van der Waals surface area (Å²) >= 11 is 0. The standard InChI is InChI=1S/C17H24F2N2O/c18-15-7-6-14(13-16(15)19)17(22)5-2-1-3-10-21-11-4-8-20-9-12-21/h6-7,13,20H,1-5,8-12H2. The van der Waals surface area contributed by atoms with Crippen LogP contribution in [0.3, 0.4) is 0 Å². The number of hydrogen-bond acceptors (Lipinski definition) is 3. The van der Waals surface area contributed by atoms with Gasteiger partial charge in [-0.2, -0.15) is 0 Å². The molecule has 0 atom stereocenters. The third-order valence-corrected chi connectivity index (χ3v) is 4.05. The molecule has 5 heteroatoms. The Morgan fingerprint density at radius 1 is 1.09 bits per heavy atom. The summed E-state index contributed by atoms with van der Waals surface area (Å²) in [6.45, 7) is 5.45. The fourth-order valence-corrected chi connectivity index (χ4v) is 2.74. The summed E-state index contributed by atoms with van der Waals surface area (Å²) in [7, 11) is 0. The SMILES string of the molecule is O=C(CCCCCN1CCCNCC1)c1ccc(F)c(F)c1. The lowest BCUT2D eigenvalue weighted by Crippen LogP contribution is -2.29. The number of benzene rings is 1. The summed E-state index contributed by atoms with van der Waals surface area (Å²) in [5, 5.41) is 3.38. The molecule has 0 unspecified atom stereocenters. The first kappa shape index (κ1) is 17.0. The zero-order valence-corrected chi connectivity index (χ0v) is 12.9. The molecule has 1 aliphatic rings. The highest BCUT2D eigenvalue weighted by Gasteiger charge is 2.10. The molecule has 1 aliphatic heterocycles. The van der Waals surface area contributed by atoms with E-state index in [0.29, 0.717) is 6.42 Å². The van der Waals surface area contributed by atoms with Crippen molar-refractivity contribution in [1.82, 2.24) is 10.2 Å². The van der Waals surface area contributed by atoms with Crippen molar-refractivity contribution < 1.29 is 13.6 Å². The van der Waals surface area contributed by atoms with Crippen molar-refractivity contribution in [2.24, 2.45) is 0 Å². The van der Waals surface area contributed by atoms with Gasteiger partial charge in [0.15, 0.2) is 17.4 Å². The fourth-order valence-electron chi connectivity index (χ4n) is 2.74. The molecule has 0 amide bonds. The Morgan fingerprint density at radius 2 is 1.95 bits per heavy atom. The Morgan fingerprint density at radius 3 is 2.77 bits per heavy atom. The summed E-state index contributed by atoms with van der Waals surface area (Å²) in [6, 6.07) is 3.35. The molecule has 1 saturated heterocycles. The molecule has 1 fully saturated rings. The van der Waals surface area contributed by atoms with Crippen LogP contribution in [0.25, 0.3) is 0 Å². The van der Waals surface area contributed by atoms with E-state index < -0.39 is 11.6 Å². The molecule has 0 radical (unpaired) electrons. The van der Waals surface area contributed by atoms with E-state index in [1.165, 1.54) is 12.5 Å². The number of carbonyl (C=O) groups excluding carboxylic acids is 1. The van der Waals surface area contributed by atoms with Crippen LogP contribution < -0.4 is 5.32 Å². The van der Waals surface area contributed by atoms with Crippen LogP contribution in [0, 0.1) is 11.6 Å². The minimum atomic E-state index is -0.958. The second-order valence-electron chi connectivity index (χ2n) is 5.81. The average molecular weight is 310 g/mol. The lowest BCUT2D eigenvalue weighted by molar-refractivity contribution is 0.0978. The minimum absolute atomic E-state index is 0.113. The topological polar surface area (TPSA) is 32.3 Å². The van der Waals surface area contributed by atoms with Crippen molar-refractivity contribution in [3.8, 4) is 0 Å². The van der Waals surface area contributed by atoms with Gasteiger partial charge in [-0.3, -0.25) is 4.79 Å². The second kappa shape index (κ2) is 8.96. The fraction of sp³-hybridized carbons (Fsp3) is 0.588. The number of ketones is 1. The monoisotopic (exact) mass is 310 g/mol. The van der Waals surface area contributed by atoms with Crippen molar-refractivity contribution in [3.63, 3.8) is 0 Å². The molecule has 1 aromatic rings. The van der Waals surface area contributed by atoms with Gasteiger partial charge >= 0.3 is 0 Å². The molecule has 3 nitrogen and oxygen atoms in total. The van der Waals surface area contributed by atoms with Gasteiger partial charge in [0.2, 0.25) is 0 Å². The summed E-state index contributed by atoms with van der Waals surface area (Å²) in [5.74, 6) is -1.98. The summed E-state index contributed by atoms with van der Waals surface area (Å²) in [4.78, 5) is 14.4. The van der Waals surface area contributed by atoms with E-state index in [1.807, 2.05) is 0 Å². The van der Waals surface area contributed by atoms with Gasteiger partial charge in [-0.1, -0.05) is 6.42 Å². The van der Waals surface area contributed by atoms with Gasteiger partial charge in [-0.15, -0.1) is 0 Å². The maximum atomic E-state index is 13.1. The van der Waals surface area contributed by atoms with Gasteiger partial charge in [-0.05, 0) is 57.1 Å². The first-order valence-electron chi connectivity index (χ1n) is 8.08. The van der Waals surface area contributed by atoms with E-state index in [1.54, 1.807) is 0 Å². The minimum Gasteiger partial charge on any atom is -0.315 e. The molecule has 1 aromatic carbocycles. The molecule has 0 aliphatic carbocycles. The van der Waals surface area contributed by atoms with Crippen LogP contribution in [0.15, 0.2) is 18.2 Å². The molecule has 0 saturated carbocycles. The van der Waals surface area contributed by atoms with Crippen molar-refractivity contribution >= 4 is 5.78 Å². The van der Waals surface area contributed by atoms with E-state index in [9.17, 15) is 13.6 Å². The first-order valence-corrected chi connectivity index (χ1v) is 8.08. The van der Waals surface area contributed by atoms with Gasteiger partial charge in [-0.25, -0.2) is 8.78 Å². The summed E-state index contributed by atoms with van der Waals surface area (Å²) < 4.78 is 25.9. The number of carbonyl (C=O) groups is 1. The van der Waals surface area contributed by atoms with Crippen LogP contribution in [-0.2, 0) is 0 Å². The van der Waals surface area contributed by atoms with Gasteiger partial charge in [0.1, 0.15) is 0 Å². The van der Waals surface area contributed by atoms with Crippen LogP contribution in [0.4, 0.5) is 8.78 Å². The Labute approximate surface area is 130 Å². The molecule has 0 aromatic heterocycles. The van der Waals surface area contributed by atoms with E-state index in [4.69, 9.17) is 0 Å². The van der Waals surface area contributed by atoms with Crippen molar-refractivity contribution in [1.29, 1.82) is 0 Å². The molecule has 22 heavy (non-hydrogen) atoms. The van der Waals surface area contributed by atoms with Gasteiger partial charge in [0.25, 0.3) is 0 Å². The van der Waals surface area contributed by atoms with Crippen molar-refractivity contribution in [2.75, 3.05) is 32.7 Å². The predicted octanol–water partition coefficient (Wildman–Crippen LogP) is 3.00. The predicted molar refractivity (Wildman–Crippen MR) is 83.1 cm³/mol. The van der Waals surface area contributed by atoms with Crippen LogP contribution >= 0.6 is 0 Å². The Hall–Kier alpha value is -1.33. The second-order valence-corrected chi connectivity index (χ2v) is 5.81. The third-order valence-electron chi connectivity index (χ3n) is 4.05. The number of hydrogen-bond donors (Lipinski definition) is 1. The van der Waals surface area contributed by atoms with Crippen molar-refractivity contribution in [3.05, 3.63) is 35.4 Å².